The zero-order valence-electron chi connectivity index (χ0n) is 8.97. The molecule has 17 heavy (non-hydrogen) atoms. The predicted octanol–water partition coefficient (Wildman–Crippen LogP) is 4.03. The van der Waals surface area contributed by atoms with Crippen LogP contribution in [0.15, 0.2) is 57.2 Å². The number of nitrogens with zero attached hydrogens (tertiary/aromatic N) is 2. The van der Waals surface area contributed by atoms with Gasteiger partial charge >= 0.3 is 0 Å². The summed E-state index contributed by atoms with van der Waals surface area (Å²) in [5, 5.41) is 8.18. The van der Waals surface area contributed by atoms with Crippen LogP contribution in [0.3, 0.4) is 0 Å². The van der Waals surface area contributed by atoms with Crippen LogP contribution >= 0.6 is 15.9 Å². The molecule has 0 atom stereocenters. The Bertz CT molecular complexity index is 566. The van der Waals surface area contributed by atoms with Gasteiger partial charge in [0.25, 0.3) is 0 Å². The van der Waals surface area contributed by atoms with Crippen LogP contribution in [0, 0.1) is 0 Å². The monoisotopic (exact) mass is 290 g/mol. The number of azo groups is 1. The van der Waals surface area contributed by atoms with Crippen LogP contribution < -0.4 is 11.5 Å². The third-order valence-corrected chi connectivity index (χ3v) is 2.63. The van der Waals surface area contributed by atoms with E-state index in [1.54, 1.807) is 18.2 Å². The molecule has 2 rings (SSSR count). The first-order valence-corrected chi connectivity index (χ1v) is 5.77. The minimum absolute atomic E-state index is 0.517. The van der Waals surface area contributed by atoms with Crippen LogP contribution in [0.4, 0.5) is 22.7 Å². The summed E-state index contributed by atoms with van der Waals surface area (Å²) < 4.78 is 0.958. The lowest BCUT2D eigenvalue weighted by Crippen LogP contribution is -1.89. The molecular formula is C12H11BrN4. The van der Waals surface area contributed by atoms with E-state index in [0.29, 0.717) is 17.1 Å². The fourth-order valence-electron chi connectivity index (χ4n) is 1.31. The van der Waals surface area contributed by atoms with Crippen molar-refractivity contribution in [3.63, 3.8) is 0 Å². The number of nitrogens with two attached hydrogens (primary N) is 2. The highest BCUT2D eigenvalue weighted by molar-refractivity contribution is 9.10. The molecule has 0 aliphatic rings. The molecule has 0 bridgehead atoms. The molecular weight excluding hydrogens is 280 g/mol. The van der Waals surface area contributed by atoms with Gasteiger partial charge in [-0.15, -0.1) is 5.11 Å². The van der Waals surface area contributed by atoms with Crippen molar-refractivity contribution in [2.24, 2.45) is 10.2 Å². The largest absolute Gasteiger partial charge is 0.399 e. The predicted molar refractivity (Wildman–Crippen MR) is 73.6 cm³/mol. The number of rotatable bonds is 2. The maximum atomic E-state index is 5.77. The number of anilines is 2. The van der Waals surface area contributed by atoms with Crippen LogP contribution in [0.5, 0.6) is 0 Å². The molecule has 0 radical (unpaired) electrons. The maximum absolute atomic E-state index is 5.77. The molecule has 5 heteroatoms. The molecule has 0 aromatic heterocycles. The van der Waals surface area contributed by atoms with Crippen molar-refractivity contribution in [3.8, 4) is 0 Å². The van der Waals surface area contributed by atoms with Crippen molar-refractivity contribution < 1.29 is 0 Å². The quantitative estimate of drug-likeness (QED) is 0.647. The van der Waals surface area contributed by atoms with Crippen LogP contribution in [0.2, 0.25) is 0 Å². The third-order valence-electron chi connectivity index (χ3n) is 2.13. The number of benzene rings is 2. The molecule has 0 amide bonds. The van der Waals surface area contributed by atoms with E-state index >= 15 is 0 Å². The van der Waals surface area contributed by atoms with Crippen molar-refractivity contribution in [2.45, 2.75) is 0 Å². The van der Waals surface area contributed by atoms with Crippen molar-refractivity contribution in [1.29, 1.82) is 0 Å². The standard InChI is InChI=1S/C12H11BrN4/c13-8-2-1-3-10(6-8)16-17-12-5-4-9(14)7-11(12)15/h1-7H,14-15H2. The Morgan fingerprint density at radius 3 is 2.47 bits per heavy atom. The average molecular weight is 291 g/mol. The molecule has 4 N–H and O–H groups in total. The molecule has 0 spiro atoms. The lowest BCUT2D eigenvalue weighted by molar-refractivity contribution is 1.23. The third kappa shape index (κ3) is 3.04. The zero-order chi connectivity index (χ0) is 12.3. The van der Waals surface area contributed by atoms with Gasteiger partial charge < -0.3 is 11.5 Å². The molecule has 0 unspecified atom stereocenters. The van der Waals surface area contributed by atoms with Gasteiger partial charge in [0, 0.05) is 10.2 Å². The van der Waals surface area contributed by atoms with Crippen molar-refractivity contribution in [1.82, 2.24) is 0 Å². The Morgan fingerprint density at radius 1 is 0.941 bits per heavy atom. The minimum atomic E-state index is 0.517. The first kappa shape index (κ1) is 11.6. The number of hydrogen-bond donors (Lipinski definition) is 2. The highest BCUT2D eigenvalue weighted by atomic mass is 79.9. The zero-order valence-corrected chi connectivity index (χ0v) is 10.6. The topological polar surface area (TPSA) is 76.8 Å². The molecule has 2 aromatic carbocycles. The van der Waals surface area contributed by atoms with Gasteiger partial charge in [-0.2, -0.15) is 5.11 Å². The van der Waals surface area contributed by atoms with Gasteiger partial charge in [-0.3, -0.25) is 0 Å². The van der Waals surface area contributed by atoms with E-state index in [1.165, 1.54) is 0 Å². The lowest BCUT2D eigenvalue weighted by atomic mass is 10.2. The highest BCUT2D eigenvalue weighted by Gasteiger charge is 1.97. The summed E-state index contributed by atoms with van der Waals surface area (Å²) in [5.41, 5.74) is 13.9. The fraction of sp³-hybridized carbons (Fsp3) is 0. The second kappa shape index (κ2) is 4.97. The molecule has 86 valence electrons. The Kier molecular flexibility index (Phi) is 3.39. The van der Waals surface area contributed by atoms with Gasteiger partial charge in [-0.25, -0.2) is 0 Å². The Hall–Kier alpha value is -1.88. The van der Waals surface area contributed by atoms with Gasteiger partial charge in [0.2, 0.25) is 0 Å². The summed E-state index contributed by atoms with van der Waals surface area (Å²) in [7, 11) is 0. The van der Waals surface area contributed by atoms with Gasteiger partial charge in [-0.05, 0) is 36.4 Å². The number of nitrogen functional groups attached to an aromatic ring is 2. The van der Waals surface area contributed by atoms with E-state index in [1.807, 2.05) is 24.3 Å². The Morgan fingerprint density at radius 2 is 1.76 bits per heavy atom. The normalized spacial score (nSPS) is 10.9. The first-order chi connectivity index (χ1) is 8.15. The average Bonchev–Trinajstić information content (AvgIpc) is 2.28. The fourth-order valence-corrected chi connectivity index (χ4v) is 1.70. The summed E-state index contributed by atoms with van der Waals surface area (Å²) in [6.07, 6.45) is 0. The van der Waals surface area contributed by atoms with Gasteiger partial charge in [0.05, 0.1) is 11.4 Å². The molecule has 2 aromatic rings. The summed E-state index contributed by atoms with van der Waals surface area (Å²) in [6.45, 7) is 0. The van der Waals surface area contributed by atoms with Crippen LogP contribution in [0.1, 0.15) is 0 Å². The maximum Gasteiger partial charge on any atom is 0.109 e. The summed E-state index contributed by atoms with van der Waals surface area (Å²) in [6, 6.07) is 12.7. The van der Waals surface area contributed by atoms with Crippen molar-refractivity contribution in [3.05, 3.63) is 46.9 Å². The smallest absolute Gasteiger partial charge is 0.109 e. The van der Waals surface area contributed by atoms with Crippen LogP contribution in [-0.4, -0.2) is 0 Å². The summed E-state index contributed by atoms with van der Waals surface area (Å²) in [5.74, 6) is 0. The molecule has 0 heterocycles. The molecule has 0 fully saturated rings. The second-order valence-corrected chi connectivity index (χ2v) is 4.41. The van der Waals surface area contributed by atoms with Crippen molar-refractivity contribution >= 4 is 38.7 Å². The van der Waals surface area contributed by atoms with Crippen LogP contribution in [0.25, 0.3) is 0 Å². The number of halogens is 1. The van der Waals surface area contributed by atoms with Crippen molar-refractivity contribution in [2.75, 3.05) is 11.5 Å². The Labute approximate surface area is 107 Å². The van der Waals surface area contributed by atoms with Crippen LogP contribution in [-0.2, 0) is 0 Å². The van der Waals surface area contributed by atoms with Gasteiger partial charge in [-0.1, -0.05) is 22.0 Å². The molecule has 4 nitrogen and oxygen atoms in total. The van der Waals surface area contributed by atoms with E-state index in [4.69, 9.17) is 11.5 Å². The molecule has 0 aliphatic carbocycles. The Balaban J connectivity index is 2.26. The second-order valence-electron chi connectivity index (χ2n) is 3.50. The van der Waals surface area contributed by atoms with E-state index in [2.05, 4.69) is 26.2 Å². The van der Waals surface area contributed by atoms with E-state index in [-0.39, 0.29) is 0 Å². The minimum Gasteiger partial charge on any atom is -0.399 e. The molecule has 0 saturated carbocycles. The van der Waals surface area contributed by atoms with Gasteiger partial charge in [0.15, 0.2) is 0 Å². The first-order valence-electron chi connectivity index (χ1n) is 4.97. The van der Waals surface area contributed by atoms with E-state index in [9.17, 15) is 0 Å². The molecule has 0 saturated heterocycles. The number of hydrogen-bond acceptors (Lipinski definition) is 4. The molecule has 0 aliphatic heterocycles. The summed E-state index contributed by atoms with van der Waals surface area (Å²) in [4.78, 5) is 0. The van der Waals surface area contributed by atoms with Gasteiger partial charge in [0.1, 0.15) is 5.69 Å². The lowest BCUT2D eigenvalue weighted by Gasteiger charge is -2.00. The highest BCUT2D eigenvalue weighted by Crippen LogP contribution is 2.27. The summed E-state index contributed by atoms with van der Waals surface area (Å²) >= 11 is 3.37. The van der Waals surface area contributed by atoms with E-state index in [0.717, 1.165) is 10.2 Å². The van der Waals surface area contributed by atoms with E-state index < -0.39 is 0 Å². The SMILES string of the molecule is Nc1ccc(N=Nc2cccc(Br)c2)c(N)c1.